The first-order valence-corrected chi connectivity index (χ1v) is 5.41. The van der Waals surface area contributed by atoms with E-state index in [9.17, 15) is 13.6 Å². The van der Waals surface area contributed by atoms with E-state index < -0.39 is 24.2 Å². The van der Waals surface area contributed by atoms with Crippen molar-refractivity contribution in [1.82, 2.24) is 5.43 Å². The van der Waals surface area contributed by atoms with Crippen LogP contribution >= 0.6 is 0 Å². The van der Waals surface area contributed by atoms with E-state index in [4.69, 9.17) is 4.74 Å². The van der Waals surface area contributed by atoms with Gasteiger partial charge in [0.1, 0.15) is 18.1 Å². The first-order chi connectivity index (χ1) is 8.31. The second-order valence-corrected chi connectivity index (χ2v) is 4.69. The highest BCUT2D eigenvalue weighted by Gasteiger charge is 2.15. The Labute approximate surface area is 104 Å². The minimum Gasteiger partial charge on any atom is -0.443 e. The molecule has 0 saturated carbocycles. The average Bonchev–Trinajstić information content (AvgIpc) is 2.25. The third-order valence-electron chi connectivity index (χ3n) is 1.90. The van der Waals surface area contributed by atoms with Crippen molar-refractivity contribution in [2.24, 2.45) is 0 Å². The Morgan fingerprint density at radius 1 is 1.39 bits per heavy atom. The van der Waals surface area contributed by atoms with Gasteiger partial charge in [-0.25, -0.2) is 19.0 Å². The van der Waals surface area contributed by atoms with Crippen molar-refractivity contribution in [2.75, 3.05) is 5.43 Å². The summed E-state index contributed by atoms with van der Waals surface area (Å²) in [4.78, 5) is 11.3. The Bertz CT molecular complexity index is 431. The second-order valence-electron chi connectivity index (χ2n) is 4.69. The number of carbonyl (C=O) groups is 1. The van der Waals surface area contributed by atoms with E-state index >= 15 is 0 Å². The van der Waals surface area contributed by atoms with Crippen LogP contribution in [0.3, 0.4) is 0 Å². The number of halogens is 2. The fourth-order valence-corrected chi connectivity index (χ4v) is 1.18. The quantitative estimate of drug-likeness (QED) is 0.819. The molecule has 0 aliphatic carbocycles. The molecule has 2 N–H and O–H groups in total. The fraction of sp³-hybridized carbons (Fsp3) is 0.417. The second kappa shape index (κ2) is 5.66. The summed E-state index contributed by atoms with van der Waals surface area (Å²) >= 11 is 0. The van der Waals surface area contributed by atoms with Crippen LogP contribution < -0.4 is 10.9 Å². The average molecular weight is 258 g/mol. The third kappa shape index (κ3) is 4.57. The summed E-state index contributed by atoms with van der Waals surface area (Å²) in [5.41, 5.74) is 4.46. The lowest BCUT2D eigenvalue weighted by molar-refractivity contribution is 0.0541. The minimum atomic E-state index is -0.909. The predicted octanol–water partition coefficient (Wildman–Crippen LogP) is 3.15. The van der Waals surface area contributed by atoms with Gasteiger partial charge >= 0.3 is 6.09 Å². The van der Waals surface area contributed by atoms with Gasteiger partial charge in [0.2, 0.25) is 0 Å². The van der Waals surface area contributed by atoms with Crippen LogP contribution in [0, 0.1) is 5.82 Å². The highest BCUT2D eigenvalue weighted by Crippen LogP contribution is 2.15. The molecule has 18 heavy (non-hydrogen) atoms. The summed E-state index contributed by atoms with van der Waals surface area (Å²) in [6.07, 6.45) is -0.673. The molecule has 0 saturated heterocycles. The number of anilines is 1. The van der Waals surface area contributed by atoms with Gasteiger partial charge in [-0.15, -0.1) is 0 Å². The lowest BCUT2D eigenvalue weighted by Gasteiger charge is -2.20. The Morgan fingerprint density at radius 2 is 2.06 bits per heavy atom. The van der Waals surface area contributed by atoms with Crippen LogP contribution in [-0.2, 0) is 11.4 Å². The number of carbonyl (C=O) groups excluding carboxylic acids is 1. The zero-order valence-electron chi connectivity index (χ0n) is 10.5. The van der Waals surface area contributed by atoms with E-state index in [-0.39, 0.29) is 5.56 Å². The van der Waals surface area contributed by atoms with Gasteiger partial charge in [-0.05, 0) is 39.0 Å². The Kier molecular flexibility index (Phi) is 4.47. The summed E-state index contributed by atoms with van der Waals surface area (Å²) in [5, 5.41) is 0. The van der Waals surface area contributed by atoms with Crippen molar-refractivity contribution in [3.05, 3.63) is 29.6 Å². The van der Waals surface area contributed by atoms with Gasteiger partial charge in [0, 0.05) is 5.56 Å². The van der Waals surface area contributed by atoms with Crippen molar-refractivity contribution in [2.45, 2.75) is 33.0 Å². The molecule has 1 rings (SSSR count). The maximum absolute atomic E-state index is 13.0. The van der Waals surface area contributed by atoms with Crippen molar-refractivity contribution >= 4 is 11.8 Å². The predicted molar refractivity (Wildman–Crippen MR) is 64.2 cm³/mol. The molecule has 0 aliphatic rings. The molecular formula is C12H16F2N2O2. The van der Waals surface area contributed by atoms with Gasteiger partial charge < -0.3 is 4.74 Å². The van der Waals surface area contributed by atoms with Gasteiger partial charge in [0.15, 0.2) is 0 Å². The van der Waals surface area contributed by atoms with Crippen molar-refractivity contribution < 1.29 is 18.3 Å². The van der Waals surface area contributed by atoms with E-state index in [1.807, 2.05) is 0 Å². The SMILES string of the molecule is CC(C)(C)OC(=O)NNc1ccc(F)c(CF)c1. The number of benzene rings is 1. The van der Waals surface area contributed by atoms with Gasteiger partial charge in [-0.1, -0.05) is 0 Å². The number of amides is 1. The first-order valence-electron chi connectivity index (χ1n) is 5.41. The third-order valence-corrected chi connectivity index (χ3v) is 1.90. The molecule has 0 aliphatic heterocycles. The zero-order valence-corrected chi connectivity index (χ0v) is 10.5. The monoisotopic (exact) mass is 258 g/mol. The van der Waals surface area contributed by atoms with Gasteiger partial charge in [0.25, 0.3) is 0 Å². The van der Waals surface area contributed by atoms with Crippen molar-refractivity contribution in [1.29, 1.82) is 0 Å². The lowest BCUT2D eigenvalue weighted by Crippen LogP contribution is -2.35. The Hall–Kier alpha value is -1.85. The Morgan fingerprint density at radius 3 is 2.61 bits per heavy atom. The van der Waals surface area contributed by atoms with Crippen LogP contribution in [0.4, 0.5) is 19.3 Å². The number of alkyl halides is 1. The smallest absolute Gasteiger partial charge is 0.426 e. The highest BCUT2D eigenvalue weighted by molar-refractivity contribution is 5.69. The topological polar surface area (TPSA) is 50.4 Å². The summed E-state index contributed by atoms with van der Waals surface area (Å²) in [6, 6.07) is 3.77. The van der Waals surface area contributed by atoms with Crippen molar-refractivity contribution in [3.8, 4) is 0 Å². The van der Waals surface area contributed by atoms with Gasteiger partial charge in [-0.3, -0.25) is 5.43 Å². The van der Waals surface area contributed by atoms with Crippen LogP contribution in [-0.4, -0.2) is 11.7 Å². The largest absolute Gasteiger partial charge is 0.443 e. The van der Waals surface area contributed by atoms with E-state index in [0.717, 1.165) is 6.07 Å². The van der Waals surface area contributed by atoms with Crippen LogP contribution in [0.1, 0.15) is 26.3 Å². The molecular weight excluding hydrogens is 242 g/mol. The van der Waals surface area contributed by atoms with E-state index in [0.29, 0.717) is 5.69 Å². The maximum Gasteiger partial charge on any atom is 0.426 e. The number of hydrogen-bond acceptors (Lipinski definition) is 3. The molecule has 0 atom stereocenters. The van der Waals surface area contributed by atoms with Gasteiger partial charge in [-0.2, -0.15) is 0 Å². The normalized spacial score (nSPS) is 10.9. The van der Waals surface area contributed by atoms with Crippen LogP contribution in [0.5, 0.6) is 0 Å². The first kappa shape index (κ1) is 14.2. The highest BCUT2D eigenvalue weighted by atomic mass is 19.1. The van der Waals surface area contributed by atoms with Crippen LogP contribution in [0.15, 0.2) is 18.2 Å². The molecule has 0 fully saturated rings. The molecule has 1 aromatic carbocycles. The number of hydrazine groups is 1. The summed E-state index contributed by atoms with van der Waals surface area (Å²) in [5.74, 6) is -0.625. The molecule has 0 radical (unpaired) electrons. The lowest BCUT2D eigenvalue weighted by atomic mass is 10.2. The molecule has 0 unspecified atom stereocenters. The number of ether oxygens (including phenoxy) is 1. The molecule has 0 heterocycles. The maximum atomic E-state index is 13.0. The standard InChI is InChI=1S/C12H16F2N2O2/c1-12(2,3)18-11(17)16-15-9-4-5-10(14)8(6-9)7-13/h4-6,15H,7H2,1-3H3,(H,16,17). The van der Waals surface area contributed by atoms with E-state index in [1.165, 1.54) is 12.1 Å². The van der Waals surface area contributed by atoms with Crippen LogP contribution in [0.25, 0.3) is 0 Å². The molecule has 0 bridgehead atoms. The number of hydrogen-bond donors (Lipinski definition) is 2. The molecule has 0 spiro atoms. The fourth-order valence-electron chi connectivity index (χ4n) is 1.18. The number of nitrogens with one attached hydrogen (secondary N) is 2. The molecule has 6 heteroatoms. The number of rotatable bonds is 3. The van der Waals surface area contributed by atoms with E-state index in [1.54, 1.807) is 20.8 Å². The summed E-state index contributed by atoms with van der Waals surface area (Å²) < 4.78 is 30.4. The Balaban J connectivity index is 2.56. The molecule has 0 aromatic heterocycles. The molecule has 4 nitrogen and oxygen atoms in total. The van der Waals surface area contributed by atoms with Crippen LogP contribution in [0.2, 0.25) is 0 Å². The molecule has 1 amide bonds. The minimum absolute atomic E-state index is 0.0778. The zero-order chi connectivity index (χ0) is 13.8. The molecule has 100 valence electrons. The van der Waals surface area contributed by atoms with E-state index in [2.05, 4.69) is 10.9 Å². The summed E-state index contributed by atoms with van der Waals surface area (Å²) in [6.45, 7) is 4.27. The van der Waals surface area contributed by atoms with Gasteiger partial charge in [0.05, 0.1) is 5.69 Å². The molecule has 1 aromatic rings. The van der Waals surface area contributed by atoms with Crippen molar-refractivity contribution in [3.63, 3.8) is 0 Å². The summed E-state index contributed by atoms with van der Waals surface area (Å²) in [7, 11) is 0.